The van der Waals surface area contributed by atoms with Gasteiger partial charge in [-0.2, -0.15) is 0 Å². The SMILES string of the molecule is Cc1cc(C(=O)[O-])cnc1OC(C)C.[K+]. The van der Waals surface area contributed by atoms with Crippen molar-refractivity contribution in [1.82, 2.24) is 4.98 Å². The van der Waals surface area contributed by atoms with Gasteiger partial charge in [0.05, 0.1) is 12.1 Å². The van der Waals surface area contributed by atoms with Gasteiger partial charge in [-0.15, -0.1) is 0 Å². The van der Waals surface area contributed by atoms with E-state index < -0.39 is 5.97 Å². The average Bonchev–Trinajstić information content (AvgIpc) is 2.07. The number of rotatable bonds is 3. The number of pyridine rings is 1. The summed E-state index contributed by atoms with van der Waals surface area (Å²) in [6.07, 6.45) is 1.26. The molecule has 1 aromatic heterocycles. The molecule has 0 bridgehead atoms. The summed E-state index contributed by atoms with van der Waals surface area (Å²) in [6, 6.07) is 1.49. The second-order valence-corrected chi connectivity index (χ2v) is 3.30. The number of hydrogen-bond acceptors (Lipinski definition) is 4. The van der Waals surface area contributed by atoms with Gasteiger partial charge in [0.2, 0.25) is 5.88 Å². The van der Waals surface area contributed by atoms with Crippen LogP contribution >= 0.6 is 0 Å². The molecule has 0 aliphatic carbocycles. The summed E-state index contributed by atoms with van der Waals surface area (Å²) in [5, 5.41) is 10.5. The zero-order chi connectivity index (χ0) is 10.7. The molecule has 0 amide bonds. The largest absolute Gasteiger partial charge is 1.00 e. The fraction of sp³-hybridized carbons (Fsp3) is 0.400. The number of carbonyl (C=O) groups is 1. The van der Waals surface area contributed by atoms with Gasteiger partial charge in [-0.3, -0.25) is 0 Å². The molecule has 0 saturated heterocycles. The molecule has 0 unspecified atom stereocenters. The molecule has 76 valence electrons. The van der Waals surface area contributed by atoms with E-state index in [9.17, 15) is 9.90 Å². The van der Waals surface area contributed by atoms with Crippen molar-refractivity contribution >= 4 is 5.97 Å². The molecule has 1 aromatic rings. The monoisotopic (exact) mass is 233 g/mol. The maximum atomic E-state index is 10.5. The van der Waals surface area contributed by atoms with Crippen molar-refractivity contribution in [2.24, 2.45) is 0 Å². The predicted octanol–water partition coefficient (Wildman–Crippen LogP) is -2.46. The minimum Gasteiger partial charge on any atom is -0.545 e. The molecule has 5 heteroatoms. The van der Waals surface area contributed by atoms with E-state index in [1.54, 1.807) is 6.92 Å². The van der Waals surface area contributed by atoms with Crippen molar-refractivity contribution < 1.29 is 66.0 Å². The molecule has 15 heavy (non-hydrogen) atoms. The molecule has 0 fully saturated rings. The van der Waals surface area contributed by atoms with Crippen LogP contribution in [0.5, 0.6) is 5.88 Å². The van der Waals surface area contributed by atoms with Gasteiger partial charge in [-0.1, -0.05) is 0 Å². The Kier molecular flexibility index (Phi) is 6.62. The number of ether oxygens (including phenoxy) is 1. The number of aromatic nitrogens is 1. The van der Waals surface area contributed by atoms with E-state index in [0.29, 0.717) is 11.4 Å². The summed E-state index contributed by atoms with van der Waals surface area (Å²) < 4.78 is 5.36. The van der Waals surface area contributed by atoms with Gasteiger partial charge in [0.15, 0.2) is 0 Å². The van der Waals surface area contributed by atoms with Crippen LogP contribution in [-0.4, -0.2) is 17.1 Å². The average molecular weight is 233 g/mol. The minimum atomic E-state index is -1.23. The number of carboxylic acids is 1. The number of carboxylic acid groups (broad SMARTS) is 1. The van der Waals surface area contributed by atoms with Crippen LogP contribution in [0.3, 0.4) is 0 Å². The van der Waals surface area contributed by atoms with Crippen LogP contribution in [0.25, 0.3) is 0 Å². The zero-order valence-corrected chi connectivity index (χ0v) is 12.5. The van der Waals surface area contributed by atoms with Crippen molar-refractivity contribution in [3.8, 4) is 5.88 Å². The number of aryl methyl sites for hydroxylation is 1. The van der Waals surface area contributed by atoms with E-state index in [1.807, 2.05) is 13.8 Å². The van der Waals surface area contributed by atoms with Crippen LogP contribution in [0.1, 0.15) is 29.8 Å². The molecule has 0 saturated carbocycles. The van der Waals surface area contributed by atoms with Crippen LogP contribution in [0, 0.1) is 6.92 Å². The first-order chi connectivity index (χ1) is 6.50. The van der Waals surface area contributed by atoms with Gasteiger partial charge in [0, 0.05) is 17.3 Å². The molecule has 0 N–H and O–H groups in total. The Labute approximate surface area is 131 Å². The Balaban J connectivity index is 0.00000196. The third kappa shape index (κ3) is 4.61. The van der Waals surface area contributed by atoms with Crippen LogP contribution in [0.4, 0.5) is 0 Å². The topological polar surface area (TPSA) is 62.2 Å². The van der Waals surface area contributed by atoms with Crippen molar-refractivity contribution in [3.63, 3.8) is 0 Å². The third-order valence-electron chi connectivity index (χ3n) is 1.61. The van der Waals surface area contributed by atoms with Gasteiger partial charge in [-0.05, 0) is 26.8 Å². The van der Waals surface area contributed by atoms with Crippen LogP contribution < -0.4 is 61.2 Å². The first-order valence-electron chi connectivity index (χ1n) is 4.35. The maximum Gasteiger partial charge on any atom is 1.00 e. The molecule has 0 aliphatic heterocycles. The Morgan fingerprint density at radius 3 is 2.53 bits per heavy atom. The fourth-order valence-corrected chi connectivity index (χ4v) is 1.02. The van der Waals surface area contributed by atoms with Gasteiger partial charge in [-0.25, -0.2) is 4.98 Å². The molecule has 0 radical (unpaired) electrons. The molecular formula is C10H12KNO3. The number of carbonyl (C=O) groups excluding carboxylic acids is 1. The maximum absolute atomic E-state index is 10.5. The first-order valence-corrected chi connectivity index (χ1v) is 4.35. The molecular weight excluding hydrogens is 221 g/mol. The van der Waals surface area contributed by atoms with Crippen molar-refractivity contribution in [2.45, 2.75) is 26.9 Å². The van der Waals surface area contributed by atoms with E-state index >= 15 is 0 Å². The third-order valence-corrected chi connectivity index (χ3v) is 1.61. The second kappa shape index (κ2) is 6.60. The molecule has 0 spiro atoms. The first kappa shape index (κ1) is 15.1. The number of nitrogens with zero attached hydrogens (tertiary/aromatic N) is 1. The summed E-state index contributed by atoms with van der Waals surface area (Å²) >= 11 is 0. The summed E-state index contributed by atoms with van der Waals surface area (Å²) in [5.41, 5.74) is 0.763. The van der Waals surface area contributed by atoms with Crippen molar-refractivity contribution in [3.05, 3.63) is 23.4 Å². The quantitative estimate of drug-likeness (QED) is 0.544. The standard InChI is InChI=1S/C10H13NO3.K/c1-6(2)14-9-7(3)4-8(5-11-9)10(12)13;/h4-6H,1-3H3,(H,12,13);/q;+1/p-1. The second-order valence-electron chi connectivity index (χ2n) is 3.30. The zero-order valence-electron chi connectivity index (χ0n) is 9.40. The molecule has 4 nitrogen and oxygen atoms in total. The van der Waals surface area contributed by atoms with Crippen molar-refractivity contribution in [1.29, 1.82) is 0 Å². The fourth-order valence-electron chi connectivity index (χ4n) is 1.02. The number of aromatic carboxylic acids is 1. The Morgan fingerprint density at radius 1 is 1.53 bits per heavy atom. The summed E-state index contributed by atoms with van der Waals surface area (Å²) in [7, 11) is 0. The molecule has 1 heterocycles. The summed E-state index contributed by atoms with van der Waals surface area (Å²) in [5.74, 6) is -0.762. The summed E-state index contributed by atoms with van der Waals surface area (Å²) in [4.78, 5) is 14.4. The smallest absolute Gasteiger partial charge is 0.545 e. The minimum absolute atomic E-state index is 0. The molecule has 0 aromatic carbocycles. The van der Waals surface area contributed by atoms with E-state index in [4.69, 9.17) is 4.74 Å². The predicted molar refractivity (Wildman–Crippen MR) is 49.1 cm³/mol. The van der Waals surface area contributed by atoms with Gasteiger partial charge in [0.1, 0.15) is 0 Å². The van der Waals surface area contributed by atoms with E-state index in [2.05, 4.69) is 4.98 Å². The van der Waals surface area contributed by atoms with Crippen LogP contribution in [-0.2, 0) is 0 Å². The van der Waals surface area contributed by atoms with Gasteiger partial charge in [0.25, 0.3) is 0 Å². The number of hydrogen-bond donors (Lipinski definition) is 0. The normalized spacial score (nSPS) is 9.60. The van der Waals surface area contributed by atoms with Crippen LogP contribution in [0.2, 0.25) is 0 Å². The molecule has 0 atom stereocenters. The van der Waals surface area contributed by atoms with E-state index in [1.165, 1.54) is 12.3 Å². The van der Waals surface area contributed by atoms with E-state index in [-0.39, 0.29) is 63.1 Å². The Bertz CT molecular complexity index is 353. The van der Waals surface area contributed by atoms with Gasteiger partial charge >= 0.3 is 51.4 Å². The van der Waals surface area contributed by atoms with Gasteiger partial charge < -0.3 is 14.6 Å². The Hall–Kier alpha value is 0.0564. The summed E-state index contributed by atoms with van der Waals surface area (Å²) in [6.45, 7) is 5.51. The molecule has 0 aliphatic rings. The molecule has 1 rings (SSSR count). The van der Waals surface area contributed by atoms with Crippen molar-refractivity contribution in [2.75, 3.05) is 0 Å². The van der Waals surface area contributed by atoms with E-state index in [0.717, 1.165) is 0 Å². The van der Waals surface area contributed by atoms with Crippen LogP contribution in [0.15, 0.2) is 12.3 Å². The Morgan fingerprint density at radius 2 is 2.13 bits per heavy atom.